The summed E-state index contributed by atoms with van der Waals surface area (Å²) in [4.78, 5) is 22.0. The van der Waals surface area contributed by atoms with Gasteiger partial charge in [0.1, 0.15) is 6.29 Å². The Morgan fingerprint density at radius 3 is 2.83 bits per heavy atom. The maximum absolute atomic E-state index is 11.5. The topological polar surface area (TPSA) is 34.1 Å². The standard InChI is InChI=1S/C9H11BrO2/c1-6-3-2-4-7(5-11)8(10)9(6)12/h5-6H,2-4H2,1H3. The third-order valence-corrected chi connectivity index (χ3v) is 3.07. The van der Waals surface area contributed by atoms with Crippen LogP contribution < -0.4 is 0 Å². The molecule has 0 spiro atoms. The van der Waals surface area contributed by atoms with E-state index in [1.807, 2.05) is 6.92 Å². The number of rotatable bonds is 1. The van der Waals surface area contributed by atoms with Gasteiger partial charge in [-0.05, 0) is 35.2 Å². The summed E-state index contributed by atoms with van der Waals surface area (Å²) in [6.07, 6.45) is 3.31. The molecule has 0 aliphatic heterocycles. The zero-order chi connectivity index (χ0) is 9.14. The summed E-state index contributed by atoms with van der Waals surface area (Å²) in [5, 5.41) is 0. The van der Waals surface area contributed by atoms with Crippen LogP contribution in [0.3, 0.4) is 0 Å². The zero-order valence-electron chi connectivity index (χ0n) is 6.97. The monoisotopic (exact) mass is 230 g/mol. The largest absolute Gasteiger partial charge is 0.298 e. The van der Waals surface area contributed by atoms with E-state index in [1.54, 1.807) is 0 Å². The molecule has 2 nitrogen and oxygen atoms in total. The minimum absolute atomic E-state index is 0.0526. The van der Waals surface area contributed by atoms with Crippen molar-refractivity contribution in [2.45, 2.75) is 26.2 Å². The number of halogens is 1. The summed E-state index contributed by atoms with van der Waals surface area (Å²) in [5.74, 6) is 0.117. The van der Waals surface area contributed by atoms with E-state index in [2.05, 4.69) is 15.9 Å². The minimum Gasteiger partial charge on any atom is -0.298 e. The average Bonchev–Trinajstić information content (AvgIpc) is 2.19. The van der Waals surface area contributed by atoms with E-state index in [4.69, 9.17) is 0 Å². The lowest BCUT2D eigenvalue weighted by atomic mass is 10.0. The number of carbonyl (C=O) groups excluding carboxylic acids is 2. The summed E-state index contributed by atoms with van der Waals surface area (Å²) in [6.45, 7) is 1.90. The first-order valence-corrected chi connectivity index (χ1v) is 4.84. The van der Waals surface area contributed by atoms with Crippen molar-refractivity contribution < 1.29 is 9.59 Å². The first-order valence-electron chi connectivity index (χ1n) is 4.05. The second-order valence-electron chi connectivity index (χ2n) is 3.11. The third-order valence-electron chi connectivity index (χ3n) is 2.17. The smallest absolute Gasteiger partial charge is 0.172 e. The molecule has 0 heterocycles. The lowest BCUT2D eigenvalue weighted by Crippen LogP contribution is -2.09. The molecule has 0 radical (unpaired) electrons. The summed E-state index contributed by atoms with van der Waals surface area (Å²) >= 11 is 3.17. The van der Waals surface area contributed by atoms with Crippen LogP contribution in [0.15, 0.2) is 10.1 Å². The molecule has 0 N–H and O–H groups in total. The van der Waals surface area contributed by atoms with Crippen molar-refractivity contribution in [3.8, 4) is 0 Å². The fourth-order valence-corrected chi connectivity index (χ4v) is 2.01. The van der Waals surface area contributed by atoms with Crippen molar-refractivity contribution in [3.05, 3.63) is 10.1 Å². The maximum Gasteiger partial charge on any atom is 0.172 e. The molecule has 1 rings (SSSR count). The van der Waals surface area contributed by atoms with Crippen LogP contribution in [0.5, 0.6) is 0 Å². The van der Waals surface area contributed by atoms with Gasteiger partial charge in [0.05, 0.1) is 4.48 Å². The molecule has 0 amide bonds. The average molecular weight is 231 g/mol. The third kappa shape index (κ3) is 1.83. The molecule has 0 fully saturated rings. The van der Waals surface area contributed by atoms with Crippen LogP contribution in [-0.4, -0.2) is 12.1 Å². The van der Waals surface area contributed by atoms with Gasteiger partial charge in [-0.25, -0.2) is 0 Å². The first kappa shape index (κ1) is 9.65. The number of allylic oxidation sites excluding steroid dienone is 2. The summed E-state index contributed by atoms with van der Waals surface area (Å²) in [6, 6.07) is 0. The maximum atomic E-state index is 11.5. The van der Waals surface area contributed by atoms with Crippen molar-refractivity contribution in [2.75, 3.05) is 0 Å². The highest BCUT2D eigenvalue weighted by molar-refractivity contribution is 9.12. The van der Waals surface area contributed by atoms with E-state index in [9.17, 15) is 9.59 Å². The van der Waals surface area contributed by atoms with Gasteiger partial charge in [-0.1, -0.05) is 6.92 Å². The zero-order valence-corrected chi connectivity index (χ0v) is 8.56. The Bertz CT molecular complexity index is 243. The highest BCUT2D eigenvalue weighted by atomic mass is 79.9. The van der Waals surface area contributed by atoms with Crippen LogP contribution in [0.1, 0.15) is 26.2 Å². The Morgan fingerprint density at radius 1 is 1.58 bits per heavy atom. The Morgan fingerprint density at radius 2 is 2.25 bits per heavy atom. The van der Waals surface area contributed by atoms with Crippen LogP contribution in [-0.2, 0) is 9.59 Å². The van der Waals surface area contributed by atoms with Crippen molar-refractivity contribution in [3.63, 3.8) is 0 Å². The van der Waals surface area contributed by atoms with Crippen molar-refractivity contribution >= 4 is 28.0 Å². The second-order valence-corrected chi connectivity index (χ2v) is 3.91. The molecule has 1 atom stereocenters. The number of Topliss-reactive ketones (excluding diaryl/α,β-unsaturated/α-hetero) is 1. The van der Waals surface area contributed by atoms with Gasteiger partial charge in [0.2, 0.25) is 0 Å². The fourth-order valence-electron chi connectivity index (χ4n) is 1.32. The first-order chi connectivity index (χ1) is 5.66. The lowest BCUT2D eigenvalue weighted by molar-refractivity contribution is -0.118. The molecule has 1 aliphatic carbocycles. The highest BCUT2D eigenvalue weighted by Gasteiger charge is 2.22. The van der Waals surface area contributed by atoms with Crippen molar-refractivity contribution in [2.24, 2.45) is 5.92 Å². The molecule has 0 bridgehead atoms. The second kappa shape index (κ2) is 3.99. The Balaban J connectivity index is 2.96. The van der Waals surface area contributed by atoms with Gasteiger partial charge in [0.25, 0.3) is 0 Å². The number of ketones is 1. The molecular weight excluding hydrogens is 220 g/mol. The number of hydrogen-bond acceptors (Lipinski definition) is 2. The van der Waals surface area contributed by atoms with Gasteiger partial charge in [-0.2, -0.15) is 0 Å². The van der Waals surface area contributed by atoms with Crippen LogP contribution in [0.4, 0.5) is 0 Å². The quantitative estimate of drug-likeness (QED) is 0.648. The van der Waals surface area contributed by atoms with Crippen LogP contribution >= 0.6 is 15.9 Å². The van der Waals surface area contributed by atoms with Crippen LogP contribution in [0.25, 0.3) is 0 Å². The Labute approximate surface area is 80.2 Å². The van der Waals surface area contributed by atoms with Crippen molar-refractivity contribution in [1.82, 2.24) is 0 Å². The van der Waals surface area contributed by atoms with E-state index >= 15 is 0 Å². The molecule has 0 aromatic rings. The molecule has 1 aliphatic rings. The normalized spacial score (nSPS) is 25.5. The molecule has 0 aromatic heterocycles. The molecule has 0 saturated heterocycles. The van der Waals surface area contributed by atoms with Gasteiger partial charge in [0.15, 0.2) is 5.78 Å². The predicted octanol–water partition coefficient (Wildman–Crippen LogP) is 2.22. The van der Waals surface area contributed by atoms with E-state index in [1.165, 1.54) is 0 Å². The molecule has 3 heteroatoms. The van der Waals surface area contributed by atoms with E-state index in [0.29, 0.717) is 10.1 Å². The van der Waals surface area contributed by atoms with Crippen LogP contribution in [0, 0.1) is 5.92 Å². The fraction of sp³-hybridized carbons (Fsp3) is 0.556. The number of carbonyl (C=O) groups is 2. The SMILES string of the molecule is CC1CCCC(C=O)=C(Br)C1=O. The predicted molar refractivity (Wildman–Crippen MR) is 50.0 cm³/mol. The molecule has 12 heavy (non-hydrogen) atoms. The van der Waals surface area contributed by atoms with Gasteiger partial charge in [-0.15, -0.1) is 0 Å². The molecule has 66 valence electrons. The van der Waals surface area contributed by atoms with Gasteiger partial charge in [-0.3, -0.25) is 9.59 Å². The number of hydrogen-bond donors (Lipinski definition) is 0. The molecule has 1 unspecified atom stereocenters. The molecular formula is C9H11BrO2. The lowest BCUT2D eigenvalue weighted by Gasteiger charge is -2.04. The van der Waals surface area contributed by atoms with E-state index in [0.717, 1.165) is 25.5 Å². The van der Waals surface area contributed by atoms with Crippen LogP contribution in [0.2, 0.25) is 0 Å². The molecule has 0 saturated carbocycles. The summed E-state index contributed by atoms with van der Waals surface area (Å²) in [5.41, 5.74) is 0.615. The van der Waals surface area contributed by atoms with E-state index < -0.39 is 0 Å². The minimum atomic E-state index is 0.0526. The highest BCUT2D eigenvalue weighted by Crippen LogP contribution is 2.27. The van der Waals surface area contributed by atoms with Gasteiger partial charge < -0.3 is 0 Å². The van der Waals surface area contributed by atoms with Crippen molar-refractivity contribution in [1.29, 1.82) is 0 Å². The Hall–Kier alpha value is -0.440. The van der Waals surface area contributed by atoms with Gasteiger partial charge in [0, 0.05) is 11.5 Å². The summed E-state index contributed by atoms with van der Waals surface area (Å²) < 4.78 is 0.488. The molecule has 0 aromatic carbocycles. The summed E-state index contributed by atoms with van der Waals surface area (Å²) in [7, 11) is 0. The van der Waals surface area contributed by atoms with E-state index in [-0.39, 0.29) is 11.7 Å². The Kier molecular flexibility index (Phi) is 3.20. The van der Waals surface area contributed by atoms with Gasteiger partial charge >= 0.3 is 0 Å². The number of aldehydes is 1.